The maximum atomic E-state index is 6.23. The Balaban J connectivity index is 2.08. The van der Waals surface area contributed by atoms with Crippen molar-refractivity contribution in [2.45, 2.75) is 24.8 Å². The minimum atomic E-state index is -0.230. The number of methoxy groups -OCH3 is 1. The molecule has 0 bridgehead atoms. The molecule has 1 saturated carbocycles. The first kappa shape index (κ1) is 9.66. The average Bonchev–Trinajstić information content (AvgIpc) is 2.68. The van der Waals surface area contributed by atoms with Crippen molar-refractivity contribution >= 4 is 11.0 Å². The molecule has 4 heteroatoms. The van der Waals surface area contributed by atoms with E-state index in [-0.39, 0.29) is 5.54 Å². The van der Waals surface area contributed by atoms with Crippen molar-refractivity contribution < 1.29 is 4.74 Å². The predicted octanol–water partition coefficient (Wildman–Crippen LogP) is 1.91. The van der Waals surface area contributed by atoms with Crippen LogP contribution < -0.4 is 10.5 Å². The number of rotatable bonds is 2. The molecule has 1 aliphatic carbocycles. The second kappa shape index (κ2) is 3.22. The molecule has 1 aromatic heterocycles. The highest BCUT2D eigenvalue weighted by molar-refractivity contribution is 5.77. The maximum Gasteiger partial charge on any atom is 0.127 e. The van der Waals surface area contributed by atoms with E-state index in [1.165, 1.54) is 6.42 Å². The zero-order valence-electron chi connectivity index (χ0n) is 9.29. The quantitative estimate of drug-likeness (QED) is 0.807. The third-order valence-electron chi connectivity index (χ3n) is 3.41. The molecule has 0 aliphatic heterocycles. The normalized spacial score (nSPS) is 18.4. The van der Waals surface area contributed by atoms with Crippen molar-refractivity contribution in [3.05, 3.63) is 24.0 Å². The largest absolute Gasteiger partial charge is 0.497 e. The monoisotopic (exact) mass is 217 g/mol. The molecule has 84 valence electrons. The van der Waals surface area contributed by atoms with E-state index >= 15 is 0 Å². The number of nitrogens with two attached hydrogens (primary N) is 1. The van der Waals surface area contributed by atoms with Crippen molar-refractivity contribution in [3.8, 4) is 5.75 Å². The molecule has 3 N–H and O–H groups in total. The van der Waals surface area contributed by atoms with Gasteiger partial charge in [0.05, 0.1) is 23.7 Å². The number of benzene rings is 1. The van der Waals surface area contributed by atoms with Gasteiger partial charge in [-0.25, -0.2) is 4.98 Å². The van der Waals surface area contributed by atoms with Gasteiger partial charge in [0.15, 0.2) is 0 Å². The van der Waals surface area contributed by atoms with Gasteiger partial charge in [0.2, 0.25) is 0 Å². The molecule has 0 radical (unpaired) electrons. The average molecular weight is 217 g/mol. The van der Waals surface area contributed by atoms with Crippen molar-refractivity contribution in [1.29, 1.82) is 0 Å². The predicted molar refractivity (Wildman–Crippen MR) is 62.4 cm³/mol. The van der Waals surface area contributed by atoms with Gasteiger partial charge in [0.1, 0.15) is 11.6 Å². The Bertz CT molecular complexity index is 528. The second-order valence-corrected chi connectivity index (χ2v) is 4.48. The Hall–Kier alpha value is -1.55. The molecule has 1 aliphatic rings. The Kier molecular flexibility index (Phi) is 1.94. The Morgan fingerprint density at radius 2 is 2.25 bits per heavy atom. The van der Waals surface area contributed by atoms with E-state index in [1.807, 2.05) is 18.2 Å². The fourth-order valence-electron chi connectivity index (χ4n) is 2.15. The fraction of sp³-hybridized carbons (Fsp3) is 0.417. The minimum absolute atomic E-state index is 0.230. The minimum Gasteiger partial charge on any atom is -0.497 e. The first-order valence-electron chi connectivity index (χ1n) is 5.54. The summed E-state index contributed by atoms with van der Waals surface area (Å²) in [5.41, 5.74) is 7.95. The molecular formula is C12H15N3O. The third-order valence-corrected chi connectivity index (χ3v) is 3.41. The Labute approximate surface area is 93.8 Å². The second-order valence-electron chi connectivity index (χ2n) is 4.48. The highest BCUT2D eigenvalue weighted by atomic mass is 16.5. The molecule has 4 nitrogen and oxygen atoms in total. The number of nitrogens with one attached hydrogen (secondary N) is 1. The van der Waals surface area contributed by atoms with Crippen LogP contribution in [0.1, 0.15) is 25.1 Å². The van der Waals surface area contributed by atoms with Crippen LogP contribution in [-0.4, -0.2) is 17.1 Å². The van der Waals surface area contributed by atoms with Crippen LogP contribution in [0.25, 0.3) is 11.0 Å². The first-order chi connectivity index (χ1) is 7.71. The Morgan fingerprint density at radius 1 is 1.44 bits per heavy atom. The van der Waals surface area contributed by atoms with Crippen LogP contribution in [0.15, 0.2) is 18.2 Å². The van der Waals surface area contributed by atoms with E-state index in [4.69, 9.17) is 10.5 Å². The van der Waals surface area contributed by atoms with Gasteiger partial charge >= 0.3 is 0 Å². The van der Waals surface area contributed by atoms with Gasteiger partial charge in [0, 0.05) is 6.07 Å². The van der Waals surface area contributed by atoms with Crippen LogP contribution in [0.2, 0.25) is 0 Å². The SMILES string of the molecule is COc1ccc2nc(C3(N)CCC3)[nH]c2c1. The fourth-order valence-corrected chi connectivity index (χ4v) is 2.15. The van der Waals surface area contributed by atoms with Crippen LogP contribution in [0, 0.1) is 0 Å². The molecule has 0 spiro atoms. The zero-order valence-corrected chi connectivity index (χ0v) is 9.29. The summed E-state index contributed by atoms with van der Waals surface area (Å²) in [6, 6.07) is 5.82. The van der Waals surface area contributed by atoms with Crippen LogP contribution in [0.4, 0.5) is 0 Å². The number of H-pyrrole nitrogens is 1. The summed E-state index contributed by atoms with van der Waals surface area (Å²) in [7, 11) is 1.66. The molecule has 0 amide bonds. The van der Waals surface area contributed by atoms with Gasteiger partial charge in [-0.05, 0) is 31.4 Å². The summed E-state index contributed by atoms with van der Waals surface area (Å²) in [5, 5.41) is 0. The molecule has 16 heavy (non-hydrogen) atoms. The number of aromatic nitrogens is 2. The summed E-state index contributed by atoms with van der Waals surface area (Å²) in [5.74, 6) is 1.74. The molecule has 1 fully saturated rings. The zero-order chi connectivity index (χ0) is 11.2. The van der Waals surface area contributed by atoms with Gasteiger partial charge in [0.25, 0.3) is 0 Å². The summed E-state index contributed by atoms with van der Waals surface area (Å²) < 4.78 is 5.18. The number of ether oxygens (including phenoxy) is 1. The molecule has 1 aromatic carbocycles. The number of nitrogens with zero attached hydrogens (tertiary/aromatic N) is 1. The lowest BCUT2D eigenvalue weighted by Crippen LogP contribution is -2.44. The molecular weight excluding hydrogens is 202 g/mol. The third kappa shape index (κ3) is 1.30. The molecule has 0 saturated heterocycles. The molecule has 0 unspecified atom stereocenters. The van der Waals surface area contributed by atoms with E-state index < -0.39 is 0 Å². The highest BCUT2D eigenvalue weighted by Crippen LogP contribution is 2.37. The molecule has 3 rings (SSSR count). The lowest BCUT2D eigenvalue weighted by Gasteiger charge is -2.35. The van der Waals surface area contributed by atoms with Crippen molar-refractivity contribution in [2.75, 3.05) is 7.11 Å². The van der Waals surface area contributed by atoms with Crippen LogP contribution >= 0.6 is 0 Å². The molecule has 2 aromatic rings. The summed E-state index contributed by atoms with van der Waals surface area (Å²) in [6.07, 6.45) is 3.23. The first-order valence-corrected chi connectivity index (χ1v) is 5.54. The van der Waals surface area contributed by atoms with Gasteiger partial charge < -0.3 is 15.5 Å². The van der Waals surface area contributed by atoms with E-state index in [2.05, 4.69) is 9.97 Å². The summed E-state index contributed by atoms with van der Waals surface area (Å²) in [4.78, 5) is 7.84. The number of fused-ring (bicyclic) bond motifs is 1. The smallest absolute Gasteiger partial charge is 0.127 e. The van der Waals surface area contributed by atoms with Gasteiger partial charge in [-0.15, -0.1) is 0 Å². The Morgan fingerprint density at radius 3 is 2.88 bits per heavy atom. The van der Waals surface area contributed by atoms with E-state index in [1.54, 1.807) is 7.11 Å². The van der Waals surface area contributed by atoms with Crippen molar-refractivity contribution in [1.82, 2.24) is 9.97 Å². The van der Waals surface area contributed by atoms with Crippen LogP contribution in [0.5, 0.6) is 5.75 Å². The van der Waals surface area contributed by atoms with E-state index in [0.29, 0.717) is 0 Å². The van der Waals surface area contributed by atoms with Gasteiger partial charge in [-0.1, -0.05) is 0 Å². The topological polar surface area (TPSA) is 63.9 Å². The van der Waals surface area contributed by atoms with Crippen LogP contribution in [-0.2, 0) is 5.54 Å². The van der Waals surface area contributed by atoms with Crippen molar-refractivity contribution in [3.63, 3.8) is 0 Å². The summed E-state index contributed by atoms with van der Waals surface area (Å²) >= 11 is 0. The lowest BCUT2D eigenvalue weighted by atomic mass is 9.77. The maximum absolute atomic E-state index is 6.23. The lowest BCUT2D eigenvalue weighted by molar-refractivity contribution is 0.240. The van der Waals surface area contributed by atoms with Gasteiger partial charge in [-0.3, -0.25) is 0 Å². The van der Waals surface area contributed by atoms with E-state index in [0.717, 1.165) is 35.4 Å². The van der Waals surface area contributed by atoms with E-state index in [9.17, 15) is 0 Å². The molecule has 1 heterocycles. The molecule has 0 atom stereocenters. The van der Waals surface area contributed by atoms with Gasteiger partial charge in [-0.2, -0.15) is 0 Å². The number of hydrogen-bond acceptors (Lipinski definition) is 3. The van der Waals surface area contributed by atoms with Crippen molar-refractivity contribution in [2.24, 2.45) is 5.73 Å². The standard InChI is InChI=1S/C12H15N3O/c1-16-8-3-4-9-10(7-8)15-11(14-9)12(13)5-2-6-12/h3-4,7H,2,5-6,13H2,1H3,(H,14,15). The van der Waals surface area contributed by atoms with Crippen LogP contribution in [0.3, 0.4) is 0 Å². The number of aromatic amines is 1. The highest BCUT2D eigenvalue weighted by Gasteiger charge is 2.37. The number of hydrogen-bond donors (Lipinski definition) is 2. The summed E-state index contributed by atoms with van der Waals surface area (Å²) in [6.45, 7) is 0. The number of imidazole rings is 1.